The third kappa shape index (κ3) is 23.8. The van der Waals surface area contributed by atoms with Crippen molar-refractivity contribution in [2.45, 2.75) is 71.8 Å². The van der Waals surface area contributed by atoms with Gasteiger partial charge in [0.05, 0.1) is 5.25 Å². The molecule has 6 heteroatoms. The van der Waals surface area contributed by atoms with Gasteiger partial charge in [0, 0.05) is 12.7 Å². The summed E-state index contributed by atoms with van der Waals surface area (Å²) in [7, 11) is 0. The number of rotatable bonds is 6. The minimum absolute atomic E-state index is 0.0561. The normalized spacial score (nSPS) is 12.3. The van der Waals surface area contributed by atoms with Gasteiger partial charge >= 0.3 is 0 Å². The van der Waals surface area contributed by atoms with E-state index in [-0.39, 0.29) is 11.2 Å². The molecule has 0 aromatic heterocycles. The van der Waals surface area contributed by atoms with Crippen LogP contribution in [-0.4, -0.2) is 34.5 Å². The summed E-state index contributed by atoms with van der Waals surface area (Å²) in [6, 6.07) is -0.644. The molecular formula is C16H31FN2O2S. The fourth-order valence-electron chi connectivity index (χ4n) is 0.936. The van der Waals surface area contributed by atoms with Crippen molar-refractivity contribution in [3.8, 4) is 12.3 Å². The van der Waals surface area contributed by atoms with Gasteiger partial charge in [0.2, 0.25) is 11.8 Å². The van der Waals surface area contributed by atoms with E-state index in [1.54, 1.807) is 0 Å². The van der Waals surface area contributed by atoms with Gasteiger partial charge in [-0.25, -0.2) is 4.39 Å². The molecule has 22 heavy (non-hydrogen) atoms. The molecule has 0 radical (unpaired) electrons. The minimum atomic E-state index is -1.00. The molecule has 2 atom stereocenters. The molecular weight excluding hydrogens is 303 g/mol. The van der Waals surface area contributed by atoms with E-state index in [0.717, 1.165) is 6.42 Å². The Labute approximate surface area is 139 Å². The second kappa shape index (κ2) is 14.7. The zero-order valence-corrected chi connectivity index (χ0v) is 15.6. The highest BCUT2D eigenvalue weighted by Crippen LogP contribution is 2.14. The Morgan fingerprint density at radius 1 is 1.36 bits per heavy atom. The highest BCUT2D eigenvalue weighted by atomic mass is 32.2. The maximum atomic E-state index is 11.7. The molecule has 0 spiro atoms. The lowest BCUT2D eigenvalue weighted by Crippen LogP contribution is -2.45. The summed E-state index contributed by atoms with van der Waals surface area (Å²) in [6.45, 7) is 11.9. The fraction of sp³-hybridized carbons (Fsp3) is 0.750. The Morgan fingerprint density at radius 3 is 2.00 bits per heavy atom. The topological polar surface area (TPSA) is 72.2 Å². The molecule has 0 aromatic rings. The van der Waals surface area contributed by atoms with Crippen LogP contribution in [0.1, 0.15) is 54.9 Å². The SMILES string of the molecule is C#CC(CC)SC[C@H](NC(C)=O)C(N)=O.CC.CC(C)(C)F. The first-order valence-electron chi connectivity index (χ1n) is 7.34. The summed E-state index contributed by atoms with van der Waals surface area (Å²) in [5, 5.41) is 2.54. The van der Waals surface area contributed by atoms with Crippen LogP contribution in [0.25, 0.3) is 0 Å². The van der Waals surface area contributed by atoms with E-state index in [2.05, 4.69) is 11.2 Å². The first-order chi connectivity index (χ1) is 10.0. The Morgan fingerprint density at radius 2 is 1.77 bits per heavy atom. The lowest BCUT2D eigenvalue weighted by atomic mass is 10.2. The van der Waals surface area contributed by atoms with Gasteiger partial charge in [-0.05, 0) is 27.2 Å². The zero-order chi connectivity index (χ0) is 18.3. The summed E-state index contributed by atoms with van der Waals surface area (Å²) in [4.78, 5) is 21.7. The molecule has 0 aromatic carbocycles. The van der Waals surface area contributed by atoms with Gasteiger partial charge in [0.1, 0.15) is 11.7 Å². The highest BCUT2D eigenvalue weighted by Gasteiger charge is 2.17. The van der Waals surface area contributed by atoms with Crippen LogP contribution < -0.4 is 11.1 Å². The average Bonchev–Trinajstić information content (AvgIpc) is 2.38. The third-order valence-corrected chi connectivity index (χ3v) is 3.14. The predicted molar refractivity (Wildman–Crippen MR) is 94.4 cm³/mol. The van der Waals surface area contributed by atoms with Crippen LogP contribution in [0.5, 0.6) is 0 Å². The maximum Gasteiger partial charge on any atom is 0.240 e. The monoisotopic (exact) mass is 334 g/mol. The number of nitrogens with one attached hydrogen (secondary N) is 1. The van der Waals surface area contributed by atoms with Crippen molar-refractivity contribution in [3.05, 3.63) is 0 Å². The van der Waals surface area contributed by atoms with E-state index < -0.39 is 17.6 Å². The molecule has 0 aliphatic heterocycles. The summed E-state index contributed by atoms with van der Waals surface area (Å²) >= 11 is 1.45. The van der Waals surface area contributed by atoms with Crippen molar-refractivity contribution >= 4 is 23.6 Å². The Hall–Kier alpha value is -1.22. The number of alkyl halides is 1. The van der Waals surface area contributed by atoms with E-state index in [1.807, 2.05) is 20.8 Å². The maximum absolute atomic E-state index is 11.7. The van der Waals surface area contributed by atoms with Crippen molar-refractivity contribution in [1.82, 2.24) is 5.32 Å². The summed E-state index contributed by atoms with van der Waals surface area (Å²) < 4.78 is 11.7. The predicted octanol–water partition coefficient (Wildman–Crippen LogP) is 2.90. The smallest absolute Gasteiger partial charge is 0.240 e. The third-order valence-electron chi connectivity index (χ3n) is 1.74. The Bertz CT molecular complexity index is 343. The van der Waals surface area contributed by atoms with E-state index in [9.17, 15) is 14.0 Å². The zero-order valence-electron chi connectivity index (χ0n) is 14.8. The van der Waals surface area contributed by atoms with Crippen LogP contribution in [0.4, 0.5) is 4.39 Å². The second-order valence-electron chi connectivity index (χ2n) is 5.12. The van der Waals surface area contributed by atoms with Gasteiger partial charge in [-0.1, -0.05) is 26.7 Å². The van der Waals surface area contributed by atoms with Crippen LogP contribution >= 0.6 is 11.8 Å². The van der Waals surface area contributed by atoms with Crippen molar-refractivity contribution in [3.63, 3.8) is 0 Å². The van der Waals surface area contributed by atoms with Crippen molar-refractivity contribution < 1.29 is 14.0 Å². The molecule has 0 fully saturated rings. The largest absolute Gasteiger partial charge is 0.368 e. The number of hydrogen-bond donors (Lipinski definition) is 2. The molecule has 0 rings (SSSR count). The van der Waals surface area contributed by atoms with E-state index in [1.165, 1.54) is 39.5 Å². The Balaban J connectivity index is -0.000000434. The molecule has 4 nitrogen and oxygen atoms in total. The van der Waals surface area contributed by atoms with Crippen LogP contribution in [0.15, 0.2) is 0 Å². The lowest BCUT2D eigenvalue weighted by Gasteiger charge is -2.15. The van der Waals surface area contributed by atoms with Gasteiger partial charge in [0.25, 0.3) is 0 Å². The summed E-state index contributed by atoms with van der Waals surface area (Å²) in [5.41, 5.74) is 4.14. The van der Waals surface area contributed by atoms with Crippen LogP contribution in [0.3, 0.4) is 0 Å². The number of thioether (sulfide) groups is 1. The molecule has 1 unspecified atom stereocenters. The summed E-state index contributed by atoms with van der Waals surface area (Å²) in [5.74, 6) is 2.20. The number of carbonyl (C=O) groups is 2. The molecule has 0 heterocycles. The minimum Gasteiger partial charge on any atom is -0.368 e. The quantitative estimate of drug-likeness (QED) is 0.734. The molecule has 0 saturated heterocycles. The average molecular weight is 335 g/mol. The number of amides is 2. The fourth-order valence-corrected chi connectivity index (χ4v) is 1.94. The number of carbonyl (C=O) groups excluding carboxylic acids is 2. The number of terminal acetylenes is 1. The number of nitrogens with two attached hydrogens (primary N) is 1. The van der Waals surface area contributed by atoms with Crippen LogP contribution in [0, 0.1) is 12.3 Å². The molecule has 0 aliphatic rings. The van der Waals surface area contributed by atoms with E-state index in [0.29, 0.717) is 5.75 Å². The van der Waals surface area contributed by atoms with Crippen LogP contribution in [-0.2, 0) is 9.59 Å². The van der Waals surface area contributed by atoms with Gasteiger partial charge in [-0.3, -0.25) is 9.59 Å². The van der Waals surface area contributed by atoms with Gasteiger partial charge in [-0.2, -0.15) is 0 Å². The Kier molecular flexibility index (Phi) is 17.2. The first kappa shape index (κ1) is 25.7. The number of halogens is 1. The molecule has 0 saturated carbocycles. The summed E-state index contributed by atoms with van der Waals surface area (Å²) in [6.07, 6.45) is 6.10. The van der Waals surface area contributed by atoms with Gasteiger partial charge in [0.15, 0.2) is 0 Å². The van der Waals surface area contributed by atoms with Crippen LogP contribution in [0.2, 0.25) is 0 Å². The number of primary amides is 1. The van der Waals surface area contributed by atoms with Gasteiger partial charge in [-0.15, -0.1) is 18.2 Å². The second-order valence-corrected chi connectivity index (χ2v) is 6.36. The van der Waals surface area contributed by atoms with Crippen molar-refractivity contribution in [2.75, 3.05) is 5.75 Å². The first-order valence-corrected chi connectivity index (χ1v) is 8.39. The lowest BCUT2D eigenvalue weighted by molar-refractivity contribution is -0.125. The van der Waals surface area contributed by atoms with Crippen molar-refractivity contribution in [1.29, 1.82) is 0 Å². The van der Waals surface area contributed by atoms with Gasteiger partial charge < -0.3 is 11.1 Å². The molecule has 3 N–H and O–H groups in total. The van der Waals surface area contributed by atoms with E-state index >= 15 is 0 Å². The molecule has 0 aliphatic carbocycles. The number of hydrogen-bond acceptors (Lipinski definition) is 3. The molecule has 2 amide bonds. The van der Waals surface area contributed by atoms with E-state index in [4.69, 9.17) is 12.2 Å². The molecule has 130 valence electrons. The van der Waals surface area contributed by atoms with Crippen molar-refractivity contribution in [2.24, 2.45) is 5.73 Å². The highest BCUT2D eigenvalue weighted by molar-refractivity contribution is 8.00. The standard InChI is InChI=1S/C10H16N2O2S.C4H9F.C2H6/c1-4-8(5-2)15-6-9(10(11)14)12-7(3)13;1-4(2,3)5;1-2/h1,8-9H,5-6H2,2-3H3,(H2,11,14)(H,12,13);1-3H3;1-2H3/t8?,9-;;/m0../s1. The molecule has 0 bridgehead atoms.